The van der Waals surface area contributed by atoms with Crippen LogP contribution in [-0.2, 0) is 0 Å². The second-order valence-electron chi connectivity index (χ2n) is 5.15. The van der Waals surface area contributed by atoms with E-state index in [-0.39, 0.29) is 11.5 Å². The summed E-state index contributed by atoms with van der Waals surface area (Å²) in [7, 11) is 0. The Morgan fingerprint density at radius 1 is 1.14 bits per heavy atom. The fourth-order valence-corrected chi connectivity index (χ4v) is 1.57. The number of hydrogen-bond donors (Lipinski definition) is 1. The Morgan fingerprint density at radius 2 is 1.76 bits per heavy atom. The van der Waals surface area contributed by atoms with E-state index in [9.17, 15) is 18.3 Å². The van der Waals surface area contributed by atoms with E-state index in [1.807, 2.05) is 13.8 Å². The first-order valence-electron chi connectivity index (χ1n) is 6.64. The van der Waals surface area contributed by atoms with Gasteiger partial charge in [0.1, 0.15) is 0 Å². The molecule has 0 radical (unpaired) electrons. The summed E-state index contributed by atoms with van der Waals surface area (Å²) in [6.07, 6.45) is 3.75. The van der Waals surface area contributed by atoms with Crippen LogP contribution >= 0.6 is 0 Å². The van der Waals surface area contributed by atoms with E-state index in [0.717, 1.165) is 6.07 Å². The first-order valence-corrected chi connectivity index (χ1v) is 6.64. The molecule has 0 saturated heterocycles. The number of aliphatic hydroxyl groups is 1. The second kappa shape index (κ2) is 7.27. The van der Waals surface area contributed by atoms with Gasteiger partial charge in [-0.2, -0.15) is 0 Å². The van der Waals surface area contributed by atoms with Crippen molar-refractivity contribution < 1.29 is 18.3 Å². The van der Waals surface area contributed by atoms with Gasteiger partial charge >= 0.3 is 0 Å². The van der Waals surface area contributed by atoms with E-state index in [1.165, 1.54) is 25.1 Å². The molecule has 0 aromatic heterocycles. The fourth-order valence-electron chi connectivity index (χ4n) is 1.57. The van der Waals surface area contributed by atoms with E-state index in [1.54, 1.807) is 6.08 Å². The van der Waals surface area contributed by atoms with Gasteiger partial charge in [-0.3, -0.25) is 0 Å². The minimum atomic E-state index is -1.51. The largest absolute Gasteiger partial charge is 0.389 e. The lowest BCUT2D eigenvalue weighted by molar-refractivity contribution is 0.244. The van der Waals surface area contributed by atoms with Crippen molar-refractivity contribution in [1.82, 2.24) is 0 Å². The highest BCUT2D eigenvalue weighted by Gasteiger charge is 2.15. The van der Waals surface area contributed by atoms with Gasteiger partial charge in [-0.05, 0) is 30.5 Å². The Balaban J connectivity index is 3.38. The lowest BCUT2D eigenvalue weighted by atomic mass is 9.97. The van der Waals surface area contributed by atoms with Crippen LogP contribution in [0, 0.1) is 23.4 Å². The van der Waals surface area contributed by atoms with E-state index in [2.05, 4.69) is 6.58 Å². The smallest absolute Gasteiger partial charge is 0.195 e. The van der Waals surface area contributed by atoms with Crippen molar-refractivity contribution in [3.63, 3.8) is 0 Å². The van der Waals surface area contributed by atoms with Gasteiger partial charge in [0.05, 0.1) is 6.10 Å². The molecule has 0 saturated carbocycles. The summed E-state index contributed by atoms with van der Waals surface area (Å²) in [6, 6.07) is 2.04. The standard InChI is InChI=1S/C17H19F3O/c1-10(2)11(3)9-13(6-5-12(4)21)14-7-8-15(18)17(20)16(14)19/h5-10,12,21H,3H2,1-2,4H3/b6-5-,13-9+. The summed E-state index contributed by atoms with van der Waals surface area (Å²) in [5.74, 6) is -3.89. The number of allylic oxidation sites excluding steroid dienone is 4. The molecule has 0 spiro atoms. The van der Waals surface area contributed by atoms with E-state index >= 15 is 0 Å². The topological polar surface area (TPSA) is 20.2 Å². The third-order valence-corrected chi connectivity index (χ3v) is 2.98. The lowest BCUT2D eigenvalue weighted by Crippen LogP contribution is -1.99. The van der Waals surface area contributed by atoms with Crippen molar-refractivity contribution in [2.24, 2.45) is 5.92 Å². The van der Waals surface area contributed by atoms with Crippen LogP contribution < -0.4 is 0 Å². The first kappa shape index (κ1) is 17.2. The summed E-state index contributed by atoms with van der Waals surface area (Å²) in [5, 5.41) is 9.30. The van der Waals surface area contributed by atoms with Crippen LogP contribution in [0.2, 0.25) is 0 Å². The normalized spacial score (nSPS) is 14.0. The Hall–Kier alpha value is -1.81. The molecule has 0 amide bonds. The molecule has 1 unspecified atom stereocenters. The SMILES string of the molecule is C=C(/C=C(\C=C/C(C)O)c1ccc(F)c(F)c1F)C(C)C. The van der Waals surface area contributed by atoms with Gasteiger partial charge in [0.25, 0.3) is 0 Å². The Bertz CT molecular complexity index is 584. The molecule has 0 fully saturated rings. The van der Waals surface area contributed by atoms with Gasteiger partial charge in [-0.25, -0.2) is 13.2 Å². The fraction of sp³-hybridized carbons (Fsp3) is 0.294. The van der Waals surface area contributed by atoms with Gasteiger partial charge in [-0.15, -0.1) is 0 Å². The van der Waals surface area contributed by atoms with Crippen molar-refractivity contribution in [3.05, 3.63) is 65.5 Å². The molecule has 0 aliphatic carbocycles. The predicted octanol–water partition coefficient (Wildman–Crippen LogP) is 4.64. The van der Waals surface area contributed by atoms with Crippen molar-refractivity contribution in [3.8, 4) is 0 Å². The zero-order chi connectivity index (χ0) is 16.2. The van der Waals surface area contributed by atoms with Gasteiger partial charge < -0.3 is 5.11 Å². The number of benzene rings is 1. The third kappa shape index (κ3) is 4.60. The number of hydrogen-bond acceptors (Lipinski definition) is 1. The molecule has 0 bridgehead atoms. The maximum atomic E-state index is 13.9. The molecule has 1 nitrogen and oxygen atoms in total. The molecular weight excluding hydrogens is 277 g/mol. The summed E-state index contributed by atoms with van der Waals surface area (Å²) in [6.45, 7) is 9.21. The summed E-state index contributed by atoms with van der Waals surface area (Å²) >= 11 is 0. The van der Waals surface area contributed by atoms with Crippen LogP contribution in [0.4, 0.5) is 13.2 Å². The number of halogens is 3. The number of aliphatic hydroxyl groups excluding tert-OH is 1. The second-order valence-corrected chi connectivity index (χ2v) is 5.15. The monoisotopic (exact) mass is 296 g/mol. The Morgan fingerprint density at radius 3 is 2.29 bits per heavy atom. The molecule has 21 heavy (non-hydrogen) atoms. The molecule has 1 rings (SSSR count). The van der Waals surface area contributed by atoms with Crippen molar-refractivity contribution in [1.29, 1.82) is 0 Å². The molecule has 114 valence electrons. The van der Waals surface area contributed by atoms with Crippen molar-refractivity contribution in [2.75, 3.05) is 0 Å². The van der Waals surface area contributed by atoms with Crippen LogP contribution in [-0.4, -0.2) is 11.2 Å². The maximum absolute atomic E-state index is 13.9. The maximum Gasteiger partial charge on any atom is 0.195 e. The molecule has 1 N–H and O–H groups in total. The molecular formula is C17H19F3O. The molecule has 0 heterocycles. The molecule has 1 aromatic carbocycles. The molecule has 1 aromatic rings. The highest BCUT2D eigenvalue weighted by molar-refractivity contribution is 5.76. The Kier molecular flexibility index (Phi) is 5.97. The predicted molar refractivity (Wildman–Crippen MR) is 79.1 cm³/mol. The van der Waals surface area contributed by atoms with Crippen molar-refractivity contribution in [2.45, 2.75) is 26.9 Å². The molecule has 1 atom stereocenters. The molecule has 0 aliphatic rings. The highest BCUT2D eigenvalue weighted by Crippen LogP contribution is 2.26. The van der Waals surface area contributed by atoms with Crippen LogP contribution in [0.5, 0.6) is 0 Å². The lowest BCUT2D eigenvalue weighted by Gasteiger charge is -2.10. The zero-order valence-electron chi connectivity index (χ0n) is 12.3. The minimum Gasteiger partial charge on any atom is -0.389 e. The van der Waals surface area contributed by atoms with E-state index < -0.39 is 23.6 Å². The quantitative estimate of drug-likeness (QED) is 0.620. The Labute approximate surface area is 123 Å². The highest BCUT2D eigenvalue weighted by atomic mass is 19.2. The average molecular weight is 296 g/mol. The van der Waals surface area contributed by atoms with Gasteiger partial charge in [0.2, 0.25) is 0 Å². The average Bonchev–Trinajstić information content (AvgIpc) is 2.41. The zero-order valence-corrected chi connectivity index (χ0v) is 12.3. The van der Waals surface area contributed by atoms with Crippen LogP contribution in [0.3, 0.4) is 0 Å². The van der Waals surface area contributed by atoms with Gasteiger partial charge in [-0.1, -0.05) is 44.2 Å². The van der Waals surface area contributed by atoms with Crippen LogP contribution in [0.1, 0.15) is 26.3 Å². The minimum absolute atomic E-state index is 0.0763. The van der Waals surface area contributed by atoms with E-state index in [0.29, 0.717) is 11.1 Å². The summed E-state index contributed by atoms with van der Waals surface area (Å²) in [5.41, 5.74) is 0.961. The molecule has 4 heteroatoms. The summed E-state index contributed by atoms with van der Waals surface area (Å²) < 4.78 is 40.3. The van der Waals surface area contributed by atoms with Crippen molar-refractivity contribution >= 4 is 5.57 Å². The number of rotatable bonds is 5. The first-order chi connectivity index (χ1) is 9.73. The summed E-state index contributed by atoms with van der Waals surface area (Å²) in [4.78, 5) is 0. The molecule has 0 aliphatic heterocycles. The van der Waals surface area contributed by atoms with Gasteiger partial charge in [0.15, 0.2) is 17.5 Å². The van der Waals surface area contributed by atoms with Crippen LogP contribution in [0.15, 0.2) is 42.5 Å². The van der Waals surface area contributed by atoms with Gasteiger partial charge in [0, 0.05) is 5.56 Å². The third-order valence-electron chi connectivity index (χ3n) is 2.98. The van der Waals surface area contributed by atoms with E-state index in [4.69, 9.17) is 0 Å². The van der Waals surface area contributed by atoms with Crippen LogP contribution in [0.25, 0.3) is 5.57 Å².